The van der Waals surface area contributed by atoms with Gasteiger partial charge in [-0.2, -0.15) is 0 Å². The van der Waals surface area contributed by atoms with E-state index in [2.05, 4.69) is 5.32 Å². The van der Waals surface area contributed by atoms with Crippen LogP contribution >= 0.6 is 11.6 Å². The Morgan fingerprint density at radius 1 is 1.20 bits per heavy atom. The van der Waals surface area contributed by atoms with Crippen molar-refractivity contribution in [2.24, 2.45) is 0 Å². The summed E-state index contributed by atoms with van der Waals surface area (Å²) in [5, 5.41) is 3.94. The van der Waals surface area contributed by atoms with Gasteiger partial charge in [0.15, 0.2) is 5.78 Å². The third-order valence-electron chi connectivity index (χ3n) is 3.29. The van der Waals surface area contributed by atoms with Gasteiger partial charge < -0.3 is 5.32 Å². The lowest BCUT2D eigenvalue weighted by Crippen LogP contribution is -2.33. The van der Waals surface area contributed by atoms with Gasteiger partial charge in [-0.25, -0.2) is 0 Å². The Hall–Kier alpha value is -1.64. The molecule has 1 unspecified atom stereocenters. The van der Waals surface area contributed by atoms with Gasteiger partial charge in [-0.05, 0) is 43.2 Å². The molecule has 0 aliphatic heterocycles. The predicted octanol–water partition coefficient (Wildman–Crippen LogP) is 4.01. The normalized spacial score (nSPS) is 12.2. The van der Waals surface area contributed by atoms with Gasteiger partial charge >= 0.3 is 0 Å². The number of nitrogens with one attached hydrogen (secondary N) is 1. The monoisotopic (exact) mass is 287 g/mol. The maximum atomic E-state index is 12.3. The van der Waals surface area contributed by atoms with Crippen LogP contribution in [0.1, 0.15) is 28.4 Å². The van der Waals surface area contributed by atoms with Crippen LogP contribution in [-0.2, 0) is 6.54 Å². The summed E-state index contributed by atoms with van der Waals surface area (Å²) in [6.45, 7) is 4.47. The Morgan fingerprint density at radius 3 is 2.55 bits per heavy atom. The molecule has 104 valence electrons. The first kappa shape index (κ1) is 14.8. The molecular weight excluding hydrogens is 270 g/mol. The Morgan fingerprint density at radius 2 is 1.90 bits per heavy atom. The Balaban J connectivity index is 1.99. The average Bonchev–Trinajstić information content (AvgIpc) is 2.48. The molecule has 0 aromatic heterocycles. The summed E-state index contributed by atoms with van der Waals surface area (Å²) in [5.74, 6) is 0.0840. The van der Waals surface area contributed by atoms with E-state index in [4.69, 9.17) is 11.6 Å². The second-order valence-electron chi connectivity index (χ2n) is 4.92. The van der Waals surface area contributed by atoms with Crippen molar-refractivity contribution in [3.63, 3.8) is 0 Å². The van der Waals surface area contributed by atoms with Gasteiger partial charge in [-0.1, -0.05) is 41.9 Å². The van der Waals surface area contributed by atoms with E-state index < -0.39 is 0 Å². The van der Waals surface area contributed by atoms with Crippen molar-refractivity contribution >= 4 is 17.4 Å². The smallest absolute Gasteiger partial charge is 0.179 e. The van der Waals surface area contributed by atoms with Crippen molar-refractivity contribution in [1.82, 2.24) is 5.32 Å². The zero-order valence-corrected chi connectivity index (χ0v) is 12.4. The van der Waals surface area contributed by atoms with Crippen molar-refractivity contribution in [2.45, 2.75) is 26.4 Å². The van der Waals surface area contributed by atoms with Gasteiger partial charge in [0.2, 0.25) is 0 Å². The molecule has 3 heteroatoms. The fourth-order valence-electron chi connectivity index (χ4n) is 2.01. The molecule has 1 N–H and O–H groups in total. The van der Waals surface area contributed by atoms with Crippen LogP contribution in [0.4, 0.5) is 0 Å². The molecule has 20 heavy (non-hydrogen) atoms. The van der Waals surface area contributed by atoms with E-state index in [0.29, 0.717) is 17.1 Å². The molecule has 0 fully saturated rings. The first-order valence-corrected chi connectivity index (χ1v) is 7.03. The fourth-order valence-corrected chi connectivity index (χ4v) is 2.13. The van der Waals surface area contributed by atoms with E-state index in [-0.39, 0.29) is 11.8 Å². The number of ketones is 1. The van der Waals surface area contributed by atoms with Crippen LogP contribution in [0.3, 0.4) is 0 Å². The molecule has 0 saturated heterocycles. The third-order valence-corrected chi connectivity index (χ3v) is 3.72. The molecule has 0 aliphatic rings. The minimum Gasteiger partial charge on any atom is -0.303 e. The first-order valence-electron chi connectivity index (χ1n) is 6.65. The second kappa shape index (κ2) is 6.69. The number of rotatable bonds is 5. The van der Waals surface area contributed by atoms with E-state index >= 15 is 0 Å². The molecule has 2 aromatic carbocycles. The summed E-state index contributed by atoms with van der Waals surface area (Å²) >= 11 is 5.98. The van der Waals surface area contributed by atoms with Crippen LogP contribution in [0.15, 0.2) is 48.5 Å². The molecular formula is C17H18ClNO. The van der Waals surface area contributed by atoms with E-state index in [1.807, 2.05) is 50.2 Å². The summed E-state index contributed by atoms with van der Waals surface area (Å²) in [6.07, 6.45) is 0. The largest absolute Gasteiger partial charge is 0.303 e. The minimum atomic E-state index is -0.226. The summed E-state index contributed by atoms with van der Waals surface area (Å²) in [4.78, 5) is 12.3. The molecule has 0 amide bonds. The van der Waals surface area contributed by atoms with Crippen LogP contribution in [0.5, 0.6) is 0 Å². The molecule has 0 heterocycles. The lowest BCUT2D eigenvalue weighted by atomic mass is 10.0. The summed E-state index contributed by atoms with van der Waals surface area (Å²) in [6, 6.07) is 15.2. The third kappa shape index (κ3) is 3.69. The highest BCUT2D eigenvalue weighted by molar-refractivity contribution is 6.31. The summed E-state index contributed by atoms with van der Waals surface area (Å²) in [5.41, 5.74) is 2.78. The summed E-state index contributed by atoms with van der Waals surface area (Å²) in [7, 11) is 0. The maximum Gasteiger partial charge on any atom is 0.179 e. The molecule has 0 aliphatic carbocycles. The topological polar surface area (TPSA) is 29.1 Å². The second-order valence-corrected chi connectivity index (χ2v) is 5.32. The number of Topliss-reactive ketones (excluding diaryl/α,β-unsaturated/α-hetero) is 1. The van der Waals surface area contributed by atoms with Crippen LogP contribution in [-0.4, -0.2) is 11.8 Å². The average molecular weight is 288 g/mol. The van der Waals surface area contributed by atoms with Crippen LogP contribution < -0.4 is 5.32 Å². The molecule has 2 nitrogen and oxygen atoms in total. The van der Waals surface area contributed by atoms with Crippen molar-refractivity contribution in [3.05, 3.63) is 70.2 Å². The number of carbonyl (C=O) groups excluding carboxylic acids is 1. The SMILES string of the molecule is Cc1cc(C(=O)C(C)NCc2ccccc2)ccc1Cl. The molecule has 2 rings (SSSR count). The van der Waals surface area contributed by atoms with Crippen molar-refractivity contribution in [3.8, 4) is 0 Å². The van der Waals surface area contributed by atoms with Crippen LogP contribution in [0.25, 0.3) is 0 Å². The number of halogens is 1. The first-order chi connectivity index (χ1) is 9.58. The standard InChI is InChI=1S/C17H18ClNO/c1-12-10-15(8-9-16(12)18)17(20)13(2)19-11-14-6-4-3-5-7-14/h3-10,13,19H,11H2,1-2H3. The highest BCUT2D eigenvalue weighted by Gasteiger charge is 2.15. The van der Waals surface area contributed by atoms with Crippen molar-refractivity contribution < 1.29 is 4.79 Å². The molecule has 0 bridgehead atoms. The Labute approximate surface area is 124 Å². The molecule has 0 saturated carbocycles. The minimum absolute atomic E-state index is 0.0840. The van der Waals surface area contributed by atoms with Gasteiger partial charge in [0.1, 0.15) is 0 Å². The van der Waals surface area contributed by atoms with Crippen molar-refractivity contribution in [1.29, 1.82) is 0 Å². The van der Waals surface area contributed by atoms with E-state index in [1.54, 1.807) is 12.1 Å². The van der Waals surface area contributed by atoms with Gasteiger partial charge in [-0.3, -0.25) is 4.79 Å². The zero-order valence-electron chi connectivity index (χ0n) is 11.7. The number of aryl methyl sites for hydroxylation is 1. The van der Waals surface area contributed by atoms with E-state index in [9.17, 15) is 4.79 Å². The van der Waals surface area contributed by atoms with Crippen LogP contribution in [0.2, 0.25) is 5.02 Å². The van der Waals surface area contributed by atoms with Gasteiger partial charge in [-0.15, -0.1) is 0 Å². The predicted molar refractivity (Wildman–Crippen MR) is 83.3 cm³/mol. The summed E-state index contributed by atoms with van der Waals surface area (Å²) < 4.78 is 0. The van der Waals surface area contributed by atoms with E-state index in [1.165, 1.54) is 5.56 Å². The molecule has 1 atom stereocenters. The van der Waals surface area contributed by atoms with Gasteiger partial charge in [0, 0.05) is 17.1 Å². The van der Waals surface area contributed by atoms with Crippen molar-refractivity contribution in [2.75, 3.05) is 0 Å². The Bertz CT molecular complexity index is 595. The van der Waals surface area contributed by atoms with E-state index in [0.717, 1.165) is 5.56 Å². The number of hydrogen-bond donors (Lipinski definition) is 1. The lowest BCUT2D eigenvalue weighted by Gasteiger charge is -2.13. The van der Waals surface area contributed by atoms with Crippen LogP contribution in [0, 0.1) is 6.92 Å². The molecule has 2 aromatic rings. The number of hydrogen-bond acceptors (Lipinski definition) is 2. The molecule has 0 spiro atoms. The highest BCUT2D eigenvalue weighted by Crippen LogP contribution is 2.17. The number of benzene rings is 2. The maximum absolute atomic E-state index is 12.3. The number of carbonyl (C=O) groups is 1. The lowest BCUT2D eigenvalue weighted by molar-refractivity contribution is 0.0950. The quantitative estimate of drug-likeness (QED) is 0.842. The zero-order chi connectivity index (χ0) is 14.5. The molecule has 0 radical (unpaired) electrons. The van der Waals surface area contributed by atoms with Gasteiger partial charge in [0.05, 0.1) is 6.04 Å². The fraction of sp³-hybridized carbons (Fsp3) is 0.235. The van der Waals surface area contributed by atoms with Gasteiger partial charge in [0.25, 0.3) is 0 Å². The highest BCUT2D eigenvalue weighted by atomic mass is 35.5. The Kier molecular flexibility index (Phi) is 4.94.